The van der Waals surface area contributed by atoms with Crippen molar-refractivity contribution >= 4 is 11.9 Å². The maximum atomic E-state index is 13.3. The van der Waals surface area contributed by atoms with Crippen LogP contribution in [-0.4, -0.2) is 20.3 Å². The van der Waals surface area contributed by atoms with Gasteiger partial charge in [-0.3, -0.25) is 9.78 Å². The van der Waals surface area contributed by atoms with Crippen LogP contribution in [0.1, 0.15) is 44.6 Å². The summed E-state index contributed by atoms with van der Waals surface area (Å²) in [6, 6.07) is 41.9. The predicted molar refractivity (Wildman–Crippen MR) is 167 cm³/mol. The number of imidazole rings is 1. The Bertz CT molecular complexity index is 1790. The van der Waals surface area contributed by atoms with Crippen molar-refractivity contribution in [3.8, 4) is 11.3 Å². The Labute approximate surface area is 245 Å². The zero-order valence-electron chi connectivity index (χ0n) is 23.1. The molecule has 4 heteroatoms. The van der Waals surface area contributed by atoms with Crippen LogP contribution in [0.15, 0.2) is 152 Å². The Morgan fingerprint density at radius 2 is 1.26 bits per heavy atom. The molecule has 6 aromatic rings. The number of carbonyl (C=O) groups excluding carboxylic acids is 1. The maximum absolute atomic E-state index is 13.3. The molecule has 0 N–H and O–H groups in total. The average Bonchev–Trinajstić information content (AvgIpc) is 3.55. The molecule has 42 heavy (non-hydrogen) atoms. The van der Waals surface area contributed by atoms with Gasteiger partial charge >= 0.3 is 0 Å². The highest BCUT2D eigenvalue weighted by Gasteiger charge is 2.38. The summed E-state index contributed by atoms with van der Waals surface area (Å²) in [5, 5.41) is 0. The van der Waals surface area contributed by atoms with E-state index in [9.17, 15) is 4.79 Å². The van der Waals surface area contributed by atoms with Crippen LogP contribution in [0.3, 0.4) is 0 Å². The summed E-state index contributed by atoms with van der Waals surface area (Å²) in [6.45, 7) is 0. The van der Waals surface area contributed by atoms with Crippen LogP contribution in [0.4, 0.5) is 0 Å². The summed E-state index contributed by atoms with van der Waals surface area (Å²) in [4.78, 5) is 22.5. The van der Waals surface area contributed by atoms with E-state index in [1.807, 2.05) is 48.8 Å². The lowest BCUT2D eigenvalue weighted by Gasteiger charge is -2.37. The quantitative estimate of drug-likeness (QED) is 0.158. The maximum Gasteiger partial charge on any atom is 0.190 e. The van der Waals surface area contributed by atoms with Crippen LogP contribution >= 0.6 is 0 Å². The van der Waals surface area contributed by atoms with Crippen molar-refractivity contribution in [1.82, 2.24) is 14.5 Å². The molecule has 2 heterocycles. The van der Waals surface area contributed by atoms with E-state index < -0.39 is 5.54 Å². The Hall–Kier alpha value is -5.35. The second-order valence-corrected chi connectivity index (χ2v) is 10.6. The molecule has 0 radical (unpaired) electrons. The first-order valence-electron chi connectivity index (χ1n) is 14.2. The van der Waals surface area contributed by atoms with Gasteiger partial charge in [0.1, 0.15) is 5.54 Å². The molecular weight excluding hydrogens is 514 g/mol. The molecule has 0 unspecified atom stereocenters. The number of aromatic nitrogens is 3. The minimum atomic E-state index is -0.640. The number of nitrogens with zero attached hydrogens (tertiary/aromatic N) is 3. The monoisotopic (exact) mass is 543 g/mol. The van der Waals surface area contributed by atoms with E-state index in [-0.39, 0.29) is 5.78 Å². The first-order valence-corrected chi connectivity index (χ1v) is 14.2. The molecular formula is C38H29N3O. The van der Waals surface area contributed by atoms with Crippen LogP contribution in [0.5, 0.6) is 0 Å². The van der Waals surface area contributed by atoms with E-state index in [2.05, 4.69) is 101 Å². The molecule has 1 aliphatic rings. The van der Waals surface area contributed by atoms with Crippen molar-refractivity contribution < 1.29 is 4.79 Å². The number of ketones is 1. The van der Waals surface area contributed by atoms with Gasteiger partial charge in [-0.05, 0) is 52.8 Å². The van der Waals surface area contributed by atoms with Crippen LogP contribution in [0.2, 0.25) is 0 Å². The predicted octanol–water partition coefficient (Wildman–Crippen LogP) is 8.00. The minimum absolute atomic E-state index is 0.0564. The lowest BCUT2D eigenvalue weighted by Crippen LogP contribution is -2.36. The molecule has 4 nitrogen and oxygen atoms in total. The zero-order chi connectivity index (χ0) is 28.4. The van der Waals surface area contributed by atoms with E-state index in [1.54, 1.807) is 12.4 Å². The van der Waals surface area contributed by atoms with Gasteiger partial charge in [-0.25, -0.2) is 4.98 Å². The van der Waals surface area contributed by atoms with Crippen molar-refractivity contribution in [2.24, 2.45) is 0 Å². The number of fused-ring (bicyclic) bond motifs is 1. The summed E-state index contributed by atoms with van der Waals surface area (Å²) < 4.78 is 2.22. The number of Topliss-reactive ketones (excluding diaryl/α,β-unsaturated/α-hetero) is 1. The highest BCUT2D eigenvalue weighted by molar-refractivity contribution is 6.13. The van der Waals surface area contributed by atoms with Crippen molar-refractivity contribution in [2.45, 2.75) is 18.4 Å². The van der Waals surface area contributed by atoms with E-state index >= 15 is 0 Å². The first kappa shape index (κ1) is 25.6. The number of aryl methyl sites for hydroxylation is 1. The largest absolute Gasteiger partial charge is 0.318 e. The molecule has 0 aliphatic heterocycles. The molecule has 202 valence electrons. The number of benzene rings is 4. The molecule has 1 aliphatic carbocycles. The fourth-order valence-electron chi connectivity index (χ4n) is 6.21. The summed E-state index contributed by atoms with van der Waals surface area (Å²) in [5.74, 6) is 0.0564. The Balaban J connectivity index is 1.38. The summed E-state index contributed by atoms with van der Waals surface area (Å²) in [5.41, 5.74) is 8.16. The highest BCUT2D eigenvalue weighted by atomic mass is 16.1. The molecule has 0 atom stereocenters. The van der Waals surface area contributed by atoms with Crippen molar-refractivity contribution in [1.29, 1.82) is 0 Å². The minimum Gasteiger partial charge on any atom is -0.318 e. The molecule has 0 spiro atoms. The van der Waals surface area contributed by atoms with Crippen molar-refractivity contribution in [3.63, 3.8) is 0 Å². The highest BCUT2D eigenvalue weighted by Crippen LogP contribution is 2.41. The average molecular weight is 544 g/mol. The summed E-state index contributed by atoms with van der Waals surface area (Å²) in [7, 11) is 0. The molecule has 0 amide bonds. The number of hydrogen-bond acceptors (Lipinski definition) is 3. The summed E-state index contributed by atoms with van der Waals surface area (Å²) >= 11 is 0. The molecule has 4 aromatic carbocycles. The number of rotatable bonds is 6. The van der Waals surface area contributed by atoms with Gasteiger partial charge in [-0.2, -0.15) is 0 Å². The third kappa shape index (κ3) is 4.38. The van der Waals surface area contributed by atoms with Gasteiger partial charge in [0.25, 0.3) is 0 Å². The number of allylic oxidation sites excluding steroid dienone is 1. The lowest BCUT2D eigenvalue weighted by atomic mass is 9.77. The molecule has 0 saturated carbocycles. The van der Waals surface area contributed by atoms with Gasteiger partial charge < -0.3 is 4.57 Å². The summed E-state index contributed by atoms with van der Waals surface area (Å²) in [6.07, 6.45) is 11.1. The number of pyridine rings is 1. The smallest absolute Gasteiger partial charge is 0.190 e. The standard InChI is InChI=1S/C38H29N3O/c42-37-30(21-20-28-22-23-39-25-35(28)37)24-29-12-10-11-19-34(29)36-26-41(27-40-36)38(31-13-4-1-5-14-31,32-15-6-2-7-16-32)33-17-8-3-9-18-33/h1-19,22-27H,20-21H2. The lowest BCUT2D eigenvalue weighted by molar-refractivity contribution is 0.102. The van der Waals surface area contributed by atoms with Gasteiger partial charge in [0.2, 0.25) is 0 Å². The van der Waals surface area contributed by atoms with E-state index in [4.69, 9.17) is 4.98 Å². The zero-order valence-corrected chi connectivity index (χ0v) is 23.1. The van der Waals surface area contributed by atoms with E-state index in [1.165, 1.54) is 0 Å². The van der Waals surface area contributed by atoms with Crippen molar-refractivity contribution in [3.05, 3.63) is 185 Å². The molecule has 2 aromatic heterocycles. The molecule has 0 bridgehead atoms. The second-order valence-electron chi connectivity index (χ2n) is 10.6. The number of carbonyl (C=O) groups is 1. The number of hydrogen-bond donors (Lipinski definition) is 0. The van der Waals surface area contributed by atoms with Gasteiger partial charge in [0.05, 0.1) is 12.0 Å². The van der Waals surface area contributed by atoms with Gasteiger partial charge in [-0.15, -0.1) is 0 Å². The van der Waals surface area contributed by atoms with Crippen molar-refractivity contribution in [2.75, 3.05) is 0 Å². The normalized spacial score (nSPS) is 14.1. The van der Waals surface area contributed by atoms with E-state index in [0.29, 0.717) is 12.0 Å². The van der Waals surface area contributed by atoms with Crippen LogP contribution in [0, 0.1) is 0 Å². The molecule has 0 fully saturated rings. The molecule has 0 saturated heterocycles. The SMILES string of the molecule is O=C1C(=Cc2ccccc2-c2cn(C(c3ccccc3)(c3ccccc3)c3ccccc3)cn2)CCc2ccncc21. The van der Waals surface area contributed by atoms with Crippen LogP contribution in [0.25, 0.3) is 17.3 Å². The fourth-order valence-corrected chi connectivity index (χ4v) is 6.21. The van der Waals surface area contributed by atoms with Gasteiger partial charge in [0, 0.05) is 35.3 Å². The Morgan fingerprint density at radius 3 is 1.90 bits per heavy atom. The van der Waals surface area contributed by atoms with Gasteiger partial charge in [-0.1, -0.05) is 115 Å². The van der Waals surface area contributed by atoms with Crippen LogP contribution in [-0.2, 0) is 12.0 Å². The van der Waals surface area contributed by atoms with Gasteiger partial charge in [0.15, 0.2) is 5.78 Å². The second kappa shape index (κ2) is 10.9. The fraction of sp³-hybridized carbons (Fsp3) is 0.0789. The van der Waals surface area contributed by atoms with E-state index in [0.717, 1.165) is 51.1 Å². The molecule has 7 rings (SSSR count). The third-order valence-electron chi connectivity index (χ3n) is 8.22. The Kier molecular flexibility index (Phi) is 6.65. The van der Waals surface area contributed by atoms with Crippen LogP contribution < -0.4 is 0 Å². The topological polar surface area (TPSA) is 47.8 Å². The Morgan fingerprint density at radius 1 is 0.667 bits per heavy atom. The first-order chi connectivity index (χ1) is 20.7. The third-order valence-corrected chi connectivity index (χ3v) is 8.22.